The van der Waals surface area contributed by atoms with Crippen molar-refractivity contribution in [2.24, 2.45) is 4.99 Å². The Bertz CT molecular complexity index is 1000. The van der Waals surface area contributed by atoms with E-state index in [0.717, 1.165) is 22.5 Å². The number of halogens is 1. The number of aliphatic imine (C=N–C) groups is 1. The summed E-state index contributed by atoms with van der Waals surface area (Å²) in [5, 5.41) is 8.11. The van der Waals surface area contributed by atoms with Gasteiger partial charge in [-0.05, 0) is 48.1 Å². The van der Waals surface area contributed by atoms with E-state index in [-0.39, 0.29) is 0 Å². The number of allylic oxidation sites excluding steroid dienone is 1. The van der Waals surface area contributed by atoms with Gasteiger partial charge in [-0.15, -0.1) is 5.10 Å². The Kier molecular flexibility index (Phi) is 5.98. The number of aromatic amines is 1. The lowest BCUT2D eigenvalue weighted by Gasteiger charge is -2.11. The molecule has 1 N–H and O–H groups in total. The minimum atomic E-state index is 0.581. The molecule has 0 radical (unpaired) electrons. The van der Waals surface area contributed by atoms with Gasteiger partial charge in [0.1, 0.15) is 0 Å². The molecule has 0 bridgehead atoms. The second-order valence-electron chi connectivity index (χ2n) is 5.72. The third kappa shape index (κ3) is 4.88. The molecule has 0 aliphatic carbocycles. The van der Waals surface area contributed by atoms with Crippen LogP contribution in [0.4, 0.5) is 10.8 Å². The van der Waals surface area contributed by atoms with Gasteiger partial charge < -0.3 is 4.90 Å². The number of hydrogen-bond acceptors (Lipinski definition) is 5. The van der Waals surface area contributed by atoms with E-state index in [9.17, 15) is 0 Å². The van der Waals surface area contributed by atoms with Crippen molar-refractivity contribution in [3.05, 3.63) is 74.7 Å². The number of benzene rings is 2. The Hall–Kier alpha value is -2.28. The molecule has 0 aliphatic rings. The van der Waals surface area contributed by atoms with Gasteiger partial charge >= 0.3 is 0 Å². The predicted molar refractivity (Wildman–Crippen MR) is 115 cm³/mol. The summed E-state index contributed by atoms with van der Waals surface area (Å²) in [7, 11) is 4.04. The van der Waals surface area contributed by atoms with Crippen molar-refractivity contribution in [2.45, 2.75) is 0 Å². The molecule has 0 amide bonds. The van der Waals surface area contributed by atoms with Crippen LogP contribution in [0.2, 0.25) is 5.02 Å². The number of nitrogens with one attached hydrogen (secondary N) is 1. The molecule has 0 atom stereocenters. The third-order valence-electron chi connectivity index (χ3n) is 3.61. The Morgan fingerprint density at radius 3 is 2.62 bits per heavy atom. The highest BCUT2D eigenvalue weighted by Crippen LogP contribution is 2.20. The summed E-state index contributed by atoms with van der Waals surface area (Å²) in [6.07, 6.45) is 3.98. The zero-order valence-corrected chi connectivity index (χ0v) is 16.7. The fraction of sp³-hybridized carbons (Fsp3) is 0.105. The van der Waals surface area contributed by atoms with Gasteiger partial charge in [0.25, 0.3) is 0 Å². The molecule has 132 valence electrons. The van der Waals surface area contributed by atoms with Gasteiger partial charge in [0.2, 0.25) is 5.13 Å². The van der Waals surface area contributed by atoms with Crippen molar-refractivity contribution in [2.75, 3.05) is 19.0 Å². The van der Waals surface area contributed by atoms with Gasteiger partial charge in [0, 0.05) is 30.4 Å². The van der Waals surface area contributed by atoms with E-state index in [4.69, 9.17) is 23.8 Å². The average Bonchev–Trinajstić information content (AvgIpc) is 3.04. The summed E-state index contributed by atoms with van der Waals surface area (Å²) in [6, 6.07) is 15.9. The maximum absolute atomic E-state index is 6.14. The van der Waals surface area contributed by atoms with Crippen molar-refractivity contribution in [3.63, 3.8) is 0 Å². The molecular weight excluding hydrogens is 384 g/mol. The van der Waals surface area contributed by atoms with Crippen molar-refractivity contribution in [1.82, 2.24) is 10.2 Å². The van der Waals surface area contributed by atoms with Crippen LogP contribution in [0.25, 0.3) is 6.08 Å². The summed E-state index contributed by atoms with van der Waals surface area (Å²) in [6.45, 7) is 0. The summed E-state index contributed by atoms with van der Waals surface area (Å²) in [5.41, 5.74) is 3.92. The van der Waals surface area contributed by atoms with Crippen molar-refractivity contribution in [3.8, 4) is 0 Å². The molecule has 0 unspecified atom stereocenters. The van der Waals surface area contributed by atoms with Gasteiger partial charge in [0.05, 0.1) is 5.71 Å². The predicted octanol–water partition coefficient (Wildman–Crippen LogP) is 5.75. The Morgan fingerprint density at radius 1 is 1.23 bits per heavy atom. The molecule has 2 aromatic carbocycles. The van der Waals surface area contributed by atoms with E-state index in [1.54, 1.807) is 0 Å². The van der Waals surface area contributed by atoms with E-state index < -0.39 is 0 Å². The normalized spacial score (nSPS) is 11.9. The summed E-state index contributed by atoms with van der Waals surface area (Å²) in [5.74, 6) is 0. The Labute approximate surface area is 166 Å². The number of H-pyrrole nitrogens is 1. The van der Waals surface area contributed by atoms with Crippen molar-refractivity contribution >= 4 is 57.8 Å². The van der Waals surface area contributed by atoms with E-state index in [1.807, 2.05) is 50.5 Å². The van der Waals surface area contributed by atoms with Crippen LogP contribution < -0.4 is 4.90 Å². The second kappa shape index (κ2) is 8.40. The molecule has 3 rings (SSSR count). The highest BCUT2D eigenvalue weighted by Gasteiger charge is 2.04. The maximum atomic E-state index is 6.14. The quantitative estimate of drug-likeness (QED) is 0.437. The van der Waals surface area contributed by atoms with Crippen molar-refractivity contribution in [1.29, 1.82) is 0 Å². The fourth-order valence-corrected chi connectivity index (χ4v) is 3.23. The van der Waals surface area contributed by atoms with Gasteiger partial charge in [-0.25, -0.2) is 4.99 Å². The molecule has 0 saturated heterocycles. The second-order valence-corrected chi connectivity index (χ2v) is 7.80. The molecule has 26 heavy (non-hydrogen) atoms. The monoisotopic (exact) mass is 400 g/mol. The van der Waals surface area contributed by atoms with Gasteiger partial charge in [-0.2, -0.15) is 0 Å². The topological polar surface area (TPSA) is 44.3 Å². The zero-order chi connectivity index (χ0) is 18.5. The zero-order valence-electron chi connectivity index (χ0n) is 14.3. The Morgan fingerprint density at radius 2 is 2.00 bits per heavy atom. The lowest BCUT2D eigenvalue weighted by Crippen LogP contribution is -2.07. The SMILES string of the molecule is CN(C)c1ccc(/C=C/C(=N\c2n[nH]c(=S)s2)c2cccc(Cl)c2)cc1. The first-order valence-corrected chi connectivity index (χ1v) is 9.47. The van der Waals surface area contributed by atoms with Crippen LogP contribution in [0.3, 0.4) is 0 Å². The minimum Gasteiger partial charge on any atom is -0.378 e. The van der Waals surface area contributed by atoms with Gasteiger partial charge in [-0.3, -0.25) is 5.10 Å². The number of nitrogens with zero attached hydrogens (tertiary/aromatic N) is 3. The summed E-state index contributed by atoms with van der Waals surface area (Å²) in [4.78, 5) is 6.69. The first-order chi connectivity index (χ1) is 12.5. The Balaban J connectivity index is 1.95. The van der Waals surface area contributed by atoms with Crippen LogP contribution in [0.5, 0.6) is 0 Å². The molecule has 1 heterocycles. The molecule has 0 saturated carbocycles. The molecule has 0 fully saturated rings. The fourth-order valence-electron chi connectivity index (χ4n) is 2.28. The standard InChI is InChI=1S/C19H17ClN4S2/c1-24(2)16-9-6-13(7-10-16)8-11-17(14-4-3-5-15(20)12-14)21-18-22-23-19(25)26-18/h3-12H,1-2H3,(H,23,25)/b11-8+,21-17+. The molecule has 1 aromatic heterocycles. The van der Waals surface area contributed by atoms with E-state index in [1.165, 1.54) is 11.3 Å². The smallest absolute Gasteiger partial charge is 0.230 e. The molecular formula is C19H17ClN4S2. The minimum absolute atomic E-state index is 0.581. The lowest BCUT2D eigenvalue weighted by atomic mass is 10.1. The van der Waals surface area contributed by atoms with E-state index in [2.05, 4.69) is 44.4 Å². The van der Waals surface area contributed by atoms with Crippen LogP contribution in [0.15, 0.2) is 59.6 Å². The van der Waals surface area contributed by atoms with Gasteiger partial charge in [0.15, 0.2) is 3.95 Å². The van der Waals surface area contributed by atoms with Crippen LogP contribution in [0.1, 0.15) is 11.1 Å². The molecule has 7 heteroatoms. The first kappa shape index (κ1) is 18.5. The highest BCUT2D eigenvalue weighted by molar-refractivity contribution is 7.73. The number of hydrogen-bond donors (Lipinski definition) is 1. The number of rotatable bonds is 5. The number of aromatic nitrogens is 2. The van der Waals surface area contributed by atoms with Crippen molar-refractivity contribution < 1.29 is 0 Å². The van der Waals surface area contributed by atoms with Crippen LogP contribution >= 0.6 is 35.2 Å². The average molecular weight is 401 g/mol. The molecule has 3 aromatic rings. The van der Waals surface area contributed by atoms with E-state index >= 15 is 0 Å². The number of anilines is 1. The molecule has 0 spiro atoms. The largest absolute Gasteiger partial charge is 0.378 e. The first-order valence-electron chi connectivity index (χ1n) is 7.87. The van der Waals surface area contributed by atoms with Crippen LogP contribution in [-0.2, 0) is 0 Å². The molecule has 0 aliphatic heterocycles. The summed E-state index contributed by atoms with van der Waals surface area (Å²) >= 11 is 12.6. The summed E-state index contributed by atoms with van der Waals surface area (Å²) < 4.78 is 0.595. The lowest BCUT2D eigenvalue weighted by molar-refractivity contribution is 1.07. The maximum Gasteiger partial charge on any atom is 0.230 e. The molecule has 4 nitrogen and oxygen atoms in total. The van der Waals surface area contributed by atoms with E-state index in [0.29, 0.717) is 14.1 Å². The highest BCUT2D eigenvalue weighted by atomic mass is 35.5. The van der Waals surface area contributed by atoms with Crippen LogP contribution in [0, 0.1) is 3.95 Å². The van der Waals surface area contributed by atoms with Crippen LogP contribution in [-0.4, -0.2) is 30.0 Å². The third-order valence-corrected chi connectivity index (χ3v) is 4.82. The van der Waals surface area contributed by atoms with Gasteiger partial charge in [-0.1, -0.05) is 53.3 Å².